The van der Waals surface area contributed by atoms with Gasteiger partial charge in [0.25, 0.3) is 0 Å². The van der Waals surface area contributed by atoms with Gasteiger partial charge in [-0.1, -0.05) is 36.6 Å². The Kier molecular flexibility index (Phi) is 6.84. The first kappa shape index (κ1) is 24.8. The molecule has 8 nitrogen and oxygen atoms in total. The minimum atomic E-state index is -0.510. The number of tetrazole rings is 1. The molecule has 0 bridgehead atoms. The van der Waals surface area contributed by atoms with Gasteiger partial charge in [-0.25, -0.2) is 0 Å². The maximum Gasteiger partial charge on any atom is 0.203 e. The molecule has 0 radical (unpaired) electrons. The highest BCUT2D eigenvalue weighted by Gasteiger charge is 2.34. The number of halogens is 1. The Labute approximate surface area is 219 Å². The molecule has 2 aromatic heterocycles. The van der Waals surface area contributed by atoms with Crippen LogP contribution in [0.5, 0.6) is 0 Å². The molecule has 5 rings (SSSR count). The van der Waals surface area contributed by atoms with E-state index in [-0.39, 0.29) is 18.0 Å². The Bertz CT molecular complexity index is 1480. The molecule has 0 spiro atoms. The van der Waals surface area contributed by atoms with Crippen molar-refractivity contribution in [2.45, 2.75) is 45.4 Å². The molecule has 37 heavy (non-hydrogen) atoms. The summed E-state index contributed by atoms with van der Waals surface area (Å²) in [6, 6.07) is 14.3. The van der Waals surface area contributed by atoms with Gasteiger partial charge >= 0.3 is 0 Å². The highest BCUT2D eigenvalue weighted by molar-refractivity contribution is 6.31. The molecule has 9 heteroatoms. The molecule has 4 aromatic rings. The zero-order valence-corrected chi connectivity index (χ0v) is 21.4. The Balaban J connectivity index is 1.46. The largest absolute Gasteiger partial charge is 0.618 e. The van der Waals surface area contributed by atoms with Gasteiger partial charge in [0, 0.05) is 34.2 Å². The van der Waals surface area contributed by atoms with Crippen molar-refractivity contribution in [1.29, 1.82) is 0 Å². The second kappa shape index (κ2) is 10.2. The number of Topliss-reactive ketones (excluding diaryl/α,β-unsaturated/α-hetero) is 2. The fourth-order valence-electron chi connectivity index (χ4n) is 4.66. The van der Waals surface area contributed by atoms with Crippen molar-refractivity contribution in [3.05, 3.63) is 93.7 Å². The van der Waals surface area contributed by atoms with Crippen LogP contribution in [0.1, 0.15) is 59.3 Å². The van der Waals surface area contributed by atoms with Crippen LogP contribution in [0.2, 0.25) is 5.02 Å². The summed E-state index contributed by atoms with van der Waals surface area (Å²) in [7, 11) is 0. The van der Waals surface area contributed by atoms with Crippen LogP contribution in [-0.2, 0) is 11.2 Å². The van der Waals surface area contributed by atoms with E-state index in [1.807, 2.05) is 25.1 Å². The van der Waals surface area contributed by atoms with Crippen molar-refractivity contribution < 1.29 is 14.3 Å². The fraction of sp³-hybridized carbons (Fsp3) is 0.286. The molecule has 1 unspecified atom stereocenters. The predicted molar refractivity (Wildman–Crippen MR) is 139 cm³/mol. The summed E-state index contributed by atoms with van der Waals surface area (Å²) < 4.78 is 2.31. The van der Waals surface area contributed by atoms with Crippen LogP contribution < -0.4 is 4.73 Å². The first-order chi connectivity index (χ1) is 17.8. The topological polar surface area (TPSA) is 105 Å². The highest BCUT2D eigenvalue weighted by atomic mass is 35.5. The van der Waals surface area contributed by atoms with Crippen molar-refractivity contribution in [1.82, 2.24) is 20.2 Å². The van der Waals surface area contributed by atoms with Crippen LogP contribution in [0.15, 0.2) is 61.1 Å². The van der Waals surface area contributed by atoms with E-state index in [4.69, 9.17) is 11.6 Å². The quantitative estimate of drug-likeness (QED) is 0.180. The summed E-state index contributed by atoms with van der Waals surface area (Å²) in [4.78, 5) is 25.3. The van der Waals surface area contributed by atoms with Crippen LogP contribution in [0.4, 0.5) is 0 Å². The number of rotatable bonds is 9. The lowest BCUT2D eigenvalue weighted by atomic mass is 9.88. The van der Waals surface area contributed by atoms with E-state index in [1.165, 1.54) is 24.1 Å². The molecule has 1 saturated carbocycles. The van der Waals surface area contributed by atoms with Crippen LogP contribution >= 0.6 is 11.6 Å². The smallest absolute Gasteiger partial charge is 0.203 e. The molecule has 1 atom stereocenters. The van der Waals surface area contributed by atoms with Crippen molar-refractivity contribution in [2.75, 3.05) is 0 Å². The van der Waals surface area contributed by atoms with E-state index < -0.39 is 5.92 Å². The number of ketones is 2. The fourth-order valence-corrected chi connectivity index (χ4v) is 4.83. The lowest BCUT2D eigenvalue weighted by molar-refractivity contribution is -0.614. The molecular weight excluding hydrogens is 490 g/mol. The van der Waals surface area contributed by atoms with Crippen LogP contribution in [-0.4, -0.2) is 31.8 Å². The Morgan fingerprint density at radius 2 is 1.97 bits per heavy atom. The van der Waals surface area contributed by atoms with Gasteiger partial charge in [-0.15, -0.1) is 5.10 Å². The van der Waals surface area contributed by atoms with Crippen molar-refractivity contribution >= 4 is 23.2 Å². The molecule has 2 heterocycles. The molecule has 1 aliphatic rings. The first-order valence-electron chi connectivity index (χ1n) is 12.2. The maximum absolute atomic E-state index is 13.5. The van der Waals surface area contributed by atoms with Crippen molar-refractivity contribution in [3.8, 4) is 16.8 Å². The molecule has 0 saturated heterocycles. The van der Waals surface area contributed by atoms with Crippen molar-refractivity contribution in [2.24, 2.45) is 5.92 Å². The Morgan fingerprint density at radius 1 is 1.16 bits per heavy atom. The third kappa shape index (κ3) is 5.44. The van der Waals surface area contributed by atoms with Crippen LogP contribution in [0, 0.1) is 18.0 Å². The number of aromatic nitrogens is 5. The molecule has 0 aliphatic heterocycles. The average molecular weight is 516 g/mol. The summed E-state index contributed by atoms with van der Waals surface area (Å²) >= 11 is 6.26. The third-order valence-electron chi connectivity index (χ3n) is 6.94. The number of aryl methyl sites for hydroxylation is 1. The number of hydrogen-bond donors (Lipinski definition) is 0. The predicted octanol–water partition coefficient (Wildman–Crippen LogP) is 4.82. The summed E-state index contributed by atoms with van der Waals surface area (Å²) in [6.07, 6.45) is 5.96. The normalized spacial score (nSPS) is 13.9. The van der Waals surface area contributed by atoms with Crippen LogP contribution in [0.3, 0.4) is 0 Å². The van der Waals surface area contributed by atoms with E-state index in [0.717, 1.165) is 28.7 Å². The average Bonchev–Trinajstić information content (AvgIpc) is 3.53. The molecule has 0 N–H and O–H groups in total. The Hall–Kier alpha value is -3.91. The number of benzene rings is 2. The van der Waals surface area contributed by atoms with Gasteiger partial charge in [-0.3, -0.25) is 9.59 Å². The summed E-state index contributed by atoms with van der Waals surface area (Å²) in [5, 5.41) is 25.2. The molecule has 1 aliphatic carbocycles. The van der Waals surface area contributed by atoms with Gasteiger partial charge in [-0.2, -0.15) is 9.41 Å². The monoisotopic (exact) mass is 515 g/mol. The van der Waals surface area contributed by atoms with E-state index >= 15 is 0 Å². The lowest BCUT2D eigenvalue weighted by Gasteiger charge is -2.17. The molecular formula is C28H26ClN5O3. The minimum absolute atomic E-state index is 0.0000551. The van der Waals surface area contributed by atoms with E-state index in [0.29, 0.717) is 45.4 Å². The van der Waals surface area contributed by atoms with E-state index in [2.05, 4.69) is 15.5 Å². The SMILES string of the molecule is CC(=O)c1ccc(CC(=O)C(CC2CC2)c2ccc(-c3cc(Cl)ccc3-n3cnnn3)c[n+]2[O-])c(C)c1. The molecule has 1 fully saturated rings. The first-order valence-corrected chi connectivity index (χ1v) is 12.6. The number of carbonyl (C=O) groups is 2. The highest BCUT2D eigenvalue weighted by Crippen LogP contribution is 2.39. The van der Waals surface area contributed by atoms with Gasteiger partial charge in [0.15, 0.2) is 17.8 Å². The number of nitrogens with zero attached hydrogens (tertiary/aromatic N) is 5. The van der Waals surface area contributed by atoms with Gasteiger partial charge in [0.2, 0.25) is 5.69 Å². The van der Waals surface area contributed by atoms with Crippen molar-refractivity contribution in [3.63, 3.8) is 0 Å². The summed E-state index contributed by atoms with van der Waals surface area (Å²) in [5.41, 5.74) is 4.84. The van der Waals surface area contributed by atoms with Crippen LogP contribution in [0.25, 0.3) is 16.8 Å². The number of pyridine rings is 1. The van der Waals surface area contributed by atoms with E-state index in [1.54, 1.807) is 30.3 Å². The van der Waals surface area contributed by atoms with Gasteiger partial charge in [0.05, 0.1) is 5.69 Å². The standard InChI is InChI=1S/C28H26ClN5O3/c1-17-11-21(18(2)35)6-5-20(17)13-28(36)25(12-19-3-4-19)27-9-7-22(15-34(27)37)24-14-23(29)8-10-26(24)33-16-30-31-32-33/h5-11,14-16,19,25H,3-4,12-13H2,1-2H3. The zero-order valence-electron chi connectivity index (χ0n) is 20.6. The van der Waals surface area contributed by atoms with Gasteiger partial charge in [0.1, 0.15) is 12.2 Å². The number of hydrogen-bond acceptors (Lipinski definition) is 6. The third-order valence-corrected chi connectivity index (χ3v) is 7.17. The molecule has 2 aromatic carbocycles. The molecule has 188 valence electrons. The minimum Gasteiger partial charge on any atom is -0.618 e. The lowest BCUT2D eigenvalue weighted by Crippen LogP contribution is -2.36. The van der Waals surface area contributed by atoms with Gasteiger partial charge < -0.3 is 5.21 Å². The van der Waals surface area contributed by atoms with E-state index in [9.17, 15) is 14.8 Å². The van der Waals surface area contributed by atoms with Gasteiger partial charge in [-0.05, 0) is 78.1 Å². The maximum atomic E-state index is 13.5. The summed E-state index contributed by atoms with van der Waals surface area (Å²) in [5.74, 6) is -0.0680. The zero-order chi connectivity index (χ0) is 26.1. The second-order valence-electron chi connectivity index (χ2n) is 9.66. The number of carbonyl (C=O) groups excluding carboxylic acids is 2. The second-order valence-corrected chi connectivity index (χ2v) is 10.1. The molecule has 0 amide bonds. The Morgan fingerprint density at radius 3 is 2.62 bits per heavy atom. The summed E-state index contributed by atoms with van der Waals surface area (Å²) in [6.45, 7) is 3.43.